The molecule has 0 radical (unpaired) electrons. The van der Waals surface area contributed by atoms with Gasteiger partial charge >= 0.3 is 5.97 Å². The molecular weight excluding hydrogens is 412 g/mol. The van der Waals surface area contributed by atoms with Crippen LogP contribution in [0, 0.1) is 0 Å². The molecule has 0 aromatic heterocycles. The number of hydrogen-bond acceptors (Lipinski definition) is 3. The van der Waals surface area contributed by atoms with Gasteiger partial charge in [0.2, 0.25) is 0 Å². The lowest BCUT2D eigenvalue weighted by atomic mass is 9.75. The smallest absolute Gasteiger partial charge is 0.328 e. The van der Waals surface area contributed by atoms with Gasteiger partial charge in [-0.25, -0.2) is 0 Å². The molecular formula is C17H12Br2O3. The van der Waals surface area contributed by atoms with Gasteiger partial charge < -0.3 is 4.74 Å². The summed E-state index contributed by atoms with van der Waals surface area (Å²) in [6, 6.07) is 11.1. The minimum atomic E-state index is -1.39. The Labute approximate surface area is 144 Å². The van der Waals surface area contributed by atoms with Crippen LogP contribution in [0.25, 0.3) is 11.1 Å². The molecule has 3 nitrogen and oxygen atoms in total. The van der Waals surface area contributed by atoms with Gasteiger partial charge in [-0.2, -0.15) is 0 Å². The van der Waals surface area contributed by atoms with Crippen molar-refractivity contribution in [1.82, 2.24) is 0 Å². The van der Waals surface area contributed by atoms with Crippen molar-refractivity contribution in [1.29, 1.82) is 0 Å². The van der Waals surface area contributed by atoms with Crippen molar-refractivity contribution in [2.75, 3.05) is 7.11 Å². The number of carbonyl (C=O) groups is 2. The molecule has 0 fully saturated rings. The molecule has 0 N–H and O–H groups in total. The van der Waals surface area contributed by atoms with E-state index < -0.39 is 11.4 Å². The number of benzene rings is 2. The average Bonchev–Trinajstić information content (AvgIpc) is 2.76. The Balaban J connectivity index is 2.47. The van der Waals surface area contributed by atoms with Crippen molar-refractivity contribution in [3.63, 3.8) is 0 Å². The van der Waals surface area contributed by atoms with E-state index in [0.29, 0.717) is 11.1 Å². The second kappa shape index (κ2) is 5.32. The lowest BCUT2D eigenvalue weighted by Gasteiger charge is -2.26. The van der Waals surface area contributed by atoms with Gasteiger partial charge in [-0.05, 0) is 53.4 Å². The van der Waals surface area contributed by atoms with Gasteiger partial charge in [0.25, 0.3) is 0 Å². The fourth-order valence-corrected chi connectivity index (χ4v) is 3.90. The number of ketones is 1. The van der Waals surface area contributed by atoms with Gasteiger partial charge in [-0.1, -0.05) is 44.0 Å². The highest BCUT2D eigenvalue weighted by Crippen LogP contribution is 2.51. The Morgan fingerprint density at radius 2 is 1.41 bits per heavy atom. The Morgan fingerprint density at radius 1 is 0.955 bits per heavy atom. The lowest BCUT2D eigenvalue weighted by molar-refractivity contribution is -0.149. The van der Waals surface area contributed by atoms with Crippen molar-refractivity contribution >= 4 is 43.6 Å². The second-order valence-electron chi connectivity index (χ2n) is 5.18. The van der Waals surface area contributed by atoms with Crippen LogP contribution in [-0.4, -0.2) is 18.9 Å². The third-order valence-corrected chi connectivity index (χ3v) is 5.07. The summed E-state index contributed by atoms with van der Waals surface area (Å²) in [6.45, 7) is 1.43. The summed E-state index contributed by atoms with van der Waals surface area (Å²) < 4.78 is 6.77. The molecule has 1 aliphatic rings. The lowest BCUT2D eigenvalue weighted by Crippen LogP contribution is -2.42. The molecule has 2 aromatic carbocycles. The fraction of sp³-hybridized carbons (Fsp3) is 0.176. The van der Waals surface area contributed by atoms with Crippen LogP contribution in [0.4, 0.5) is 0 Å². The summed E-state index contributed by atoms with van der Waals surface area (Å²) in [4.78, 5) is 25.1. The molecule has 2 aromatic rings. The zero-order valence-corrected chi connectivity index (χ0v) is 15.1. The van der Waals surface area contributed by atoms with Gasteiger partial charge in [-0.15, -0.1) is 0 Å². The minimum Gasteiger partial charge on any atom is -0.468 e. The molecule has 0 saturated carbocycles. The molecule has 0 saturated heterocycles. The molecule has 0 unspecified atom stereocenters. The normalized spacial score (nSPS) is 14.2. The van der Waals surface area contributed by atoms with E-state index in [0.717, 1.165) is 20.1 Å². The predicted octanol–water partition coefficient (Wildman–Crippen LogP) is 4.24. The minimum absolute atomic E-state index is 0.246. The first kappa shape index (κ1) is 15.4. The first-order valence-corrected chi connectivity index (χ1v) is 8.21. The highest BCUT2D eigenvalue weighted by atomic mass is 79.9. The average molecular weight is 424 g/mol. The van der Waals surface area contributed by atoms with Gasteiger partial charge in [0.1, 0.15) is 0 Å². The second-order valence-corrected chi connectivity index (χ2v) is 7.01. The molecule has 0 spiro atoms. The molecule has 0 atom stereocenters. The van der Waals surface area contributed by atoms with E-state index in [1.54, 1.807) is 0 Å². The number of ether oxygens (including phenoxy) is 1. The maximum absolute atomic E-state index is 12.6. The number of fused-ring (bicyclic) bond motifs is 3. The molecule has 1 aliphatic carbocycles. The van der Waals surface area contributed by atoms with E-state index in [4.69, 9.17) is 4.74 Å². The summed E-state index contributed by atoms with van der Waals surface area (Å²) in [6.07, 6.45) is 0. The maximum atomic E-state index is 12.6. The maximum Gasteiger partial charge on any atom is 0.328 e. The van der Waals surface area contributed by atoms with Crippen LogP contribution in [0.15, 0.2) is 45.3 Å². The summed E-state index contributed by atoms with van der Waals surface area (Å²) in [5.41, 5.74) is 1.68. The number of esters is 1. The van der Waals surface area contributed by atoms with Crippen molar-refractivity contribution in [3.8, 4) is 11.1 Å². The Morgan fingerprint density at radius 3 is 1.77 bits per heavy atom. The zero-order valence-electron chi connectivity index (χ0n) is 11.9. The summed E-state index contributed by atoms with van der Waals surface area (Å²) in [7, 11) is 1.31. The summed E-state index contributed by atoms with van der Waals surface area (Å²) in [5.74, 6) is -0.798. The Bertz CT molecular complexity index is 760. The van der Waals surface area contributed by atoms with Crippen LogP contribution in [0.5, 0.6) is 0 Å². The van der Waals surface area contributed by atoms with E-state index in [9.17, 15) is 9.59 Å². The zero-order chi connectivity index (χ0) is 16.1. The van der Waals surface area contributed by atoms with Crippen molar-refractivity contribution in [2.45, 2.75) is 12.3 Å². The third-order valence-electron chi connectivity index (χ3n) is 4.08. The third kappa shape index (κ3) is 1.92. The first-order chi connectivity index (χ1) is 10.4. The molecule has 0 aliphatic heterocycles. The summed E-state index contributed by atoms with van der Waals surface area (Å²) >= 11 is 6.90. The standard InChI is InChI=1S/C17H12Br2O3/c1-9(20)17(16(21)22-2)14-5-3-10(18)7-12(14)13-8-11(19)4-6-15(13)17/h3-8H,1-2H3. The SMILES string of the molecule is COC(=O)C1(C(C)=O)c2ccc(Br)cc2-c2cc(Br)ccc21. The van der Waals surface area contributed by atoms with Gasteiger partial charge in [-0.3, -0.25) is 9.59 Å². The predicted molar refractivity (Wildman–Crippen MR) is 90.8 cm³/mol. The molecule has 0 amide bonds. The van der Waals surface area contributed by atoms with Crippen LogP contribution >= 0.6 is 31.9 Å². The monoisotopic (exact) mass is 422 g/mol. The van der Waals surface area contributed by atoms with E-state index >= 15 is 0 Å². The van der Waals surface area contributed by atoms with E-state index in [1.165, 1.54) is 14.0 Å². The Hall–Kier alpha value is -1.46. The number of halogens is 2. The number of hydrogen-bond donors (Lipinski definition) is 0. The van der Waals surface area contributed by atoms with Crippen LogP contribution < -0.4 is 0 Å². The first-order valence-electron chi connectivity index (χ1n) is 6.62. The van der Waals surface area contributed by atoms with Gasteiger partial charge in [0.05, 0.1) is 7.11 Å². The fourth-order valence-electron chi connectivity index (χ4n) is 3.17. The number of rotatable bonds is 2. The number of methoxy groups -OCH3 is 1. The van der Waals surface area contributed by atoms with Crippen LogP contribution in [-0.2, 0) is 19.7 Å². The van der Waals surface area contributed by atoms with Gasteiger partial charge in [0, 0.05) is 8.95 Å². The highest BCUT2D eigenvalue weighted by molar-refractivity contribution is 9.10. The van der Waals surface area contributed by atoms with E-state index in [-0.39, 0.29) is 5.78 Å². The van der Waals surface area contributed by atoms with E-state index in [1.807, 2.05) is 36.4 Å². The van der Waals surface area contributed by atoms with Crippen molar-refractivity contribution in [3.05, 3.63) is 56.5 Å². The Kier molecular flexibility index (Phi) is 3.73. The molecule has 22 heavy (non-hydrogen) atoms. The van der Waals surface area contributed by atoms with Crippen LogP contribution in [0.1, 0.15) is 18.1 Å². The molecule has 5 heteroatoms. The van der Waals surface area contributed by atoms with E-state index in [2.05, 4.69) is 31.9 Å². The molecule has 0 bridgehead atoms. The van der Waals surface area contributed by atoms with Gasteiger partial charge in [0.15, 0.2) is 11.2 Å². The quantitative estimate of drug-likeness (QED) is 0.536. The molecule has 112 valence electrons. The largest absolute Gasteiger partial charge is 0.468 e. The van der Waals surface area contributed by atoms with Crippen molar-refractivity contribution < 1.29 is 14.3 Å². The summed E-state index contributed by atoms with van der Waals surface area (Å²) in [5, 5.41) is 0. The highest BCUT2D eigenvalue weighted by Gasteiger charge is 2.54. The topological polar surface area (TPSA) is 43.4 Å². The molecule has 3 rings (SSSR count). The number of carbonyl (C=O) groups excluding carboxylic acids is 2. The van der Waals surface area contributed by atoms with Crippen molar-refractivity contribution in [2.24, 2.45) is 0 Å². The number of Topliss-reactive ketones (excluding diaryl/α,β-unsaturated/α-hetero) is 1. The van der Waals surface area contributed by atoms with Crippen LogP contribution in [0.2, 0.25) is 0 Å². The molecule has 0 heterocycles. The van der Waals surface area contributed by atoms with Crippen LogP contribution in [0.3, 0.4) is 0 Å².